The van der Waals surface area contributed by atoms with Crippen molar-refractivity contribution in [3.05, 3.63) is 0 Å². The smallest absolute Gasteiger partial charge is 0.408 e. The summed E-state index contributed by atoms with van der Waals surface area (Å²) >= 11 is 0.910. The number of thioether (sulfide) groups is 1. The van der Waals surface area contributed by atoms with E-state index in [4.69, 9.17) is 14.2 Å². The number of hydrogen-bond donors (Lipinski definition) is 3. The van der Waals surface area contributed by atoms with Gasteiger partial charge < -0.3 is 34.9 Å². The Labute approximate surface area is 222 Å². The van der Waals surface area contributed by atoms with E-state index >= 15 is 0 Å². The zero-order valence-corrected chi connectivity index (χ0v) is 23.8. The van der Waals surface area contributed by atoms with Crippen molar-refractivity contribution in [3.63, 3.8) is 0 Å². The first-order valence-electron chi connectivity index (χ1n) is 12.0. The van der Waals surface area contributed by atoms with Gasteiger partial charge in [-0.1, -0.05) is 25.6 Å². The molecule has 0 radical (unpaired) electrons. The van der Waals surface area contributed by atoms with Crippen LogP contribution in [0.4, 0.5) is 4.79 Å². The molecule has 212 valence electrons. The topological polar surface area (TPSA) is 158 Å². The summed E-state index contributed by atoms with van der Waals surface area (Å²) in [7, 11) is 1.15. The van der Waals surface area contributed by atoms with E-state index in [9.17, 15) is 24.0 Å². The second-order valence-electron chi connectivity index (χ2n) is 10.7. The first kappa shape index (κ1) is 32.6. The highest BCUT2D eigenvalue weighted by atomic mass is 32.2. The number of ether oxygens (including phenoxy) is 4. The molecule has 1 saturated heterocycles. The molecule has 1 heterocycles. The van der Waals surface area contributed by atoms with E-state index in [0.717, 1.165) is 18.9 Å². The number of carbonyl (C=O) groups excluding carboxylic acids is 5. The molecule has 0 aromatic heterocycles. The minimum absolute atomic E-state index is 0.0572. The largest absolute Gasteiger partial charge is 0.467 e. The third kappa shape index (κ3) is 12.6. The van der Waals surface area contributed by atoms with E-state index in [1.54, 1.807) is 34.6 Å². The molecule has 0 aromatic carbocycles. The van der Waals surface area contributed by atoms with Crippen LogP contribution in [0.3, 0.4) is 0 Å². The number of esters is 1. The van der Waals surface area contributed by atoms with Gasteiger partial charge in [0.05, 0.1) is 13.7 Å². The van der Waals surface area contributed by atoms with Crippen LogP contribution in [0.15, 0.2) is 0 Å². The average Bonchev–Trinajstić information content (AvgIpc) is 2.76. The highest BCUT2D eigenvalue weighted by molar-refractivity contribution is 8.13. The lowest BCUT2D eigenvalue weighted by Crippen LogP contribution is -2.56. The molecule has 2 atom stereocenters. The fourth-order valence-electron chi connectivity index (χ4n) is 3.17. The maximum Gasteiger partial charge on any atom is 0.408 e. The molecule has 1 aliphatic heterocycles. The Morgan fingerprint density at radius 1 is 1.05 bits per heavy atom. The number of alkyl carbamates (subject to hydrolysis) is 1. The predicted molar refractivity (Wildman–Crippen MR) is 137 cm³/mol. The first-order valence-corrected chi connectivity index (χ1v) is 13.0. The third-order valence-electron chi connectivity index (χ3n) is 5.03. The van der Waals surface area contributed by atoms with Crippen molar-refractivity contribution in [1.29, 1.82) is 0 Å². The Morgan fingerprint density at radius 2 is 1.70 bits per heavy atom. The molecule has 12 nitrogen and oxygen atoms in total. The maximum atomic E-state index is 12.6. The van der Waals surface area contributed by atoms with Crippen LogP contribution in [-0.4, -0.2) is 85.1 Å². The fraction of sp³-hybridized carbons (Fsp3) is 0.792. The first-order chi connectivity index (χ1) is 17.0. The highest BCUT2D eigenvalue weighted by Crippen LogP contribution is 2.34. The van der Waals surface area contributed by atoms with Crippen molar-refractivity contribution in [2.75, 3.05) is 32.6 Å². The summed E-state index contributed by atoms with van der Waals surface area (Å²) in [6.45, 7) is 12.9. The van der Waals surface area contributed by atoms with E-state index in [2.05, 4.69) is 20.7 Å². The van der Waals surface area contributed by atoms with Gasteiger partial charge in [0.2, 0.25) is 11.8 Å². The monoisotopic (exact) mass is 547 g/mol. The molecule has 13 heteroatoms. The summed E-state index contributed by atoms with van der Waals surface area (Å²) in [6, 6.07) is -1.19. The van der Waals surface area contributed by atoms with Gasteiger partial charge in [-0.15, -0.1) is 0 Å². The Bertz CT molecular complexity index is 840. The van der Waals surface area contributed by atoms with Gasteiger partial charge in [-0.2, -0.15) is 0 Å². The van der Waals surface area contributed by atoms with Crippen LogP contribution in [0.1, 0.15) is 61.3 Å². The molecule has 1 aliphatic rings. The molecule has 0 saturated carbocycles. The quantitative estimate of drug-likeness (QED) is 0.256. The fourth-order valence-corrected chi connectivity index (χ4v) is 3.88. The van der Waals surface area contributed by atoms with E-state index in [1.165, 1.54) is 0 Å². The summed E-state index contributed by atoms with van der Waals surface area (Å²) in [4.78, 5) is 60.8. The van der Waals surface area contributed by atoms with Gasteiger partial charge in [-0.05, 0) is 34.6 Å². The Morgan fingerprint density at radius 3 is 2.30 bits per heavy atom. The number of carbonyl (C=O) groups is 5. The molecule has 1 rings (SSSR count). The summed E-state index contributed by atoms with van der Waals surface area (Å²) in [6.07, 6.45) is -1.78. The van der Waals surface area contributed by atoms with Crippen LogP contribution in [0.5, 0.6) is 0 Å². The van der Waals surface area contributed by atoms with Gasteiger partial charge in [0.25, 0.3) is 0 Å². The van der Waals surface area contributed by atoms with Crippen molar-refractivity contribution < 1.29 is 42.9 Å². The lowest BCUT2D eigenvalue weighted by atomic mass is 9.85. The minimum Gasteiger partial charge on any atom is -0.467 e. The van der Waals surface area contributed by atoms with E-state index in [-0.39, 0.29) is 48.6 Å². The van der Waals surface area contributed by atoms with Crippen LogP contribution in [-0.2, 0) is 38.1 Å². The number of nitrogens with one attached hydrogen (secondary N) is 3. The SMILES string of the molecule is COC(=O)[C@H](CC(=O)SCCNC(=O)CCNC(=O)[C@@H]1OC(C)(C)OCC1(C)C)NC(=O)OC(C)(C)C. The molecule has 3 amide bonds. The summed E-state index contributed by atoms with van der Waals surface area (Å²) in [5.74, 6) is -1.98. The third-order valence-corrected chi connectivity index (χ3v) is 5.92. The predicted octanol–water partition coefficient (Wildman–Crippen LogP) is 1.50. The van der Waals surface area contributed by atoms with Gasteiger partial charge in [-0.25, -0.2) is 9.59 Å². The zero-order valence-electron chi connectivity index (χ0n) is 23.0. The lowest BCUT2D eigenvalue weighted by Gasteiger charge is -2.44. The van der Waals surface area contributed by atoms with Crippen LogP contribution < -0.4 is 16.0 Å². The van der Waals surface area contributed by atoms with Crippen molar-refractivity contribution in [3.8, 4) is 0 Å². The van der Waals surface area contributed by atoms with Gasteiger partial charge in [0.15, 0.2) is 10.9 Å². The van der Waals surface area contributed by atoms with E-state index < -0.39 is 41.0 Å². The number of amides is 3. The molecular weight excluding hydrogens is 506 g/mol. The van der Waals surface area contributed by atoms with Crippen LogP contribution in [0.2, 0.25) is 0 Å². The normalized spacial score (nSPS) is 19.2. The van der Waals surface area contributed by atoms with Crippen molar-refractivity contribution in [1.82, 2.24) is 16.0 Å². The van der Waals surface area contributed by atoms with E-state index in [1.807, 2.05) is 13.8 Å². The van der Waals surface area contributed by atoms with Crippen LogP contribution in [0.25, 0.3) is 0 Å². The molecule has 0 bridgehead atoms. The number of rotatable bonds is 11. The standard InChI is InChI=1S/C24H41N3O9S/c1-22(2,3)36-21(32)27-15(20(31)33-8)13-17(29)37-12-11-25-16(28)9-10-26-19(30)18-23(4,5)14-34-24(6,7)35-18/h15,18H,9-14H2,1-8H3,(H,25,28)(H,26,30)(H,27,32)/t15-,18-/m0/s1. The van der Waals surface area contributed by atoms with Crippen LogP contribution in [0, 0.1) is 5.41 Å². The molecule has 37 heavy (non-hydrogen) atoms. The van der Waals surface area contributed by atoms with Crippen LogP contribution >= 0.6 is 11.8 Å². The second-order valence-corrected chi connectivity index (χ2v) is 11.9. The second kappa shape index (κ2) is 14.0. The summed E-state index contributed by atoms with van der Waals surface area (Å²) in [5.41, 5.74) is -1.28. The van der Waals surface area contributed by atoms with Gasteiger partial charge >= 0.3 is 12.1 Å². The summed E-state index contributed by atoms with van der Waals surface area (Å²) < 4.78 is 21.1. The number of methoxy groups -OCH3 is 1. The zero-order chi connectivity index (χ0) is 28.4. The van der Waals surface area contributed by atoms with E-state index in [0.29, 0.717) is 6.61 Å². The summed E-state index contributed by atoms with van der Waals surface area (Å²) in [5, 5.41) is 7.37. The molecule has 0 aromatic rings. The molecule has 1 fully saturated rings. The minimum atomic E-state index is -1.19. The Balaban J connectivity index is 2.35. The van der Waals surface area contributed by atoms with Gasteiger partial charge in [-0.3, -0.25) is 14.4 Å². The Hall–Kier alpha value is -2.38. The Kier molecular flexibility index (Phi) is 12.3. The van der Waals surface area contributed by atoms with Gasteiger partial charge in [0, 0.05) is 37.1 Å². The average molecular weight is 548 g/mol. The number of hydrogen-bond acceptors (Lipinski definition) is 10. The molecular formula is C24H41N3O9S. The van der Waals surface area contributed by atoms with Gasteiger partial charge in [0.1, 0.15) is 17.7 Å². The highest BCUT2D eigenvalue weighted by Gasteiger charge is 2.45. The maximum absolute atomic E-state index is 12.6. The van der Waals surface area contributed by atoms with Crippen molar-refractivity contribution in [2.24, 2.45) is 5.41 Å². The molecule has 3 N–H and O–H groups in total. The molecule has 0 unspecified atom stereocenters. The molecule has 0 aliphatic carbocycles. The van der Waals surface area contributed by atoms with Crippen molar-refractivity contribution >= 4 is 40.8 Å². The lowest BCUT2D eigenvalue weighted by molar-refractivity contribution is -0.304. The van der Waals surface area contributed by atoms with Crippen molar-refractivity contribution in [2.45, 2.75) is 84.8 Å². The molecule has 0 spiro atoms.